The zero-order valence-corrected chi connectivity index (χ0v) is 16.0. The van der Waals surface area contributed by atoms with Gasteiger partial charge in [0.25, 0.3) is 0 Å². The maximum Gasteiger partial charge on any atom is 0.159 e. The Morgan fingerprint density at radius 2 is 1.68 bits per heavy atom. The molecule has 0 aliphatic rings. The van der Waals surface area contributed by atoms with Gasteiger partial charge in [-0.05, 0) is 30.3 Å². The number of hydrogen-bond donors (Lipinski definition) is 3. The number of nitrogens with one attached hydrogen (secondary N) is 2. The molecule has 3 N–H and O–H groups in total. The van der Waals surface area contributed by atoms with Gasteiger partial charge in [-0.3, -0.25) is 25.0 Å². The van der Waals surface area contributed by atoms with Gasteiger partial charge in [0.05, 0.1) is 34.8 Å². The van der Waals surface area contributed by atoms with Crippen molar-refractivity contribution in [3.05, 3.63) is 67.5 Å². The summed E-state index contributed by atoms with van der Waals surface area (Å²) in [5.41, 5.74) is 6.16. The molecule has 31 heavy (non-hydrogen) atoms. The standard InChI is InChI=1S/C22H14N8O/c31-14-7-13(9-24-10-14)17-8-15-18(11-26-17)29-30-20(15)22-27-16-3-6-25-19(21(16)28-22)12-1-4-23-5-2-12/h1-11,31H,(H,27,28)(H,29,30). The summed E-state index contributed by atoms with van der Waals surface area (Å²) in [6, 6.07) is 9.22. The number of imidazole rings is 1. The van der Waals surface area contributed by atoms with Crippen molar-refractivity contribution < 1.29 is 5.11 Å². The average molecular weight is 406 g/mol. The number of aromatic nitrogens is 8. The average Bonchev–Trinajstić information content (AvgIpc) is 3.43. The van der Waals surface area contributed by atoms with Crippen molar-refractivity contribution in [1.29, 1.82) is 0 Å². The highest BCUT2D eigenvalue weighted by Gasteiger charge is 2.16. The van der Waals surface area contributed by atoms with Gasteiger partial charge < -0.3 is 10.1 Å². The largest absolute Gasteiger partial charge is 0.506 e. The van der Waals surface area contributed by atoms with Crippen molar-refractivity contribution in [2.45, 2.75) is 0 Å². The molecule has 148 valence electrons. The molecule has 0 saturated carbocycles. The van der Waals surface area contributed by atoms with Gasteiger partial charge in [0.1, 0.15) is 17.0 Å². The molecule has 0 aromatic carbocycles. The normalized spacial score (nSPS) is 11.4. The fourth-order valence-electron chi connectivity index (χ4n) is 3.59. The zero-order chi connectivity index (χ0) is 20.8. The van der Waals surface area contributed by atoms with Crippen LogP contribution in [0, 0.1) is 0 Å². The Morgan fingerprint density at radius 3 is 2.55 bits per heavy atom. The highest BCUT2D eigenvalue weighted by molar-refractivity contribution is 5.96. The molecule has 0 saturated heterocycles. The Balaban J connectivity index is 1.51. The summed E-state index contributed by atoms with van der Waals surface area (Å²) in [7, 11) is 0. The van der Waals surface area contributed by atoms with Crippen LogP contribution < -0.4 is 0 Å². The molecule has 0 unspecified atom stereocenters. The summed E-state index contributed by atoms with van der Waals surface area (Å²) in [5, 5.41) is 18.1. The smallest absolute Gasteiger partial charge is 0.159 e. The predicted molar refractivity (Wildman–Crippen MR) is 115 cm³/mol. The molecular formula is C22H14N8O. The van der Waals surface area contributed by atoms with Crippen LogP contribution in [0.5, 0.6) is 5.75 Å². The van der Waals surface area contributed by atoms with Gasteiger partial charge in [-0.1, -0.05) is 0 Å². The predicted octanol–water partition coefficient (Wildman–Crippen LogP) is 3.73. The molecule has 9 nitrogen and oxygen atoms in total. The Kier molecular flexibility index (Phi) is 3.72. The minimum Gasteiger partial charge on any atom is -0.506 e. The fourth-order valence-corrected chi connectivity index (χ4v) is 3.59. The fraction of sp³-hybridized carbons (Fsp3) is 0. The van der Waals surface area contributed by atoms with Crippen molar-refractivity contribution >= 4 is 21.9 Å². The molecule has 0 fully saturated rings. The van der Waals surface area contributed by atoms with Gasteiger partial charge in [0.15, 0.2) is 5.82 Å². The lowest BCUT2D eigenvalue weighted by molar-refractivity contribution is 0.473. The molecule has 0 bridgehead atoms. The number of hydrogen-bond acceptors (Lipinski definition) is 7. The van der Waals surface area contributed by atoms with E-state index in [1.54, 1.807) is 37.1 Å². The maximum atomic E-state index is 9.75. The van der Waals surface area contributed by atoms with Crippen LogP contribution in [-0.4, -0.2) is 45.2 Å². The van der Waals surface area contributed by atoms with E-state index in [0.717, 1.165) is 33.2 Å². The highest BCUT2D eigenvalue weighted by Crippen LogP contribution is 2.31. The van der Waals surface area contributed by atoms with Crippen LogP contribution in [0.4, 0.5) is 0 Å². The minimum absolute atomic E-state index is 0.0836. The number of rotatable bonds is 3. The summed E-state index contributed by atoms with van der Waals surface area (Å²) < 4.78 is 0. The van der Waals surface area contributed by atoms with E-state index < -0.39 is 0 Å². The Bertz CT molecular complexity index is 1550. The summed E-state index contributed by atoms with van der Waals surface area (Å²) in [6.45, 7) is 0. The van der Waals surface area contributed by atoms with Crippen LogP contribution in [0.25, 0.3) is 56.0 Å². The van der Waals surface area contributed by atoms with Gasteiger partial charge in [-0.2, -0.15) is 5.10 Å². The molecule has 0 radical (unpaired) electrons. The lowest BCUT2D eigenvalue weighted by Gasteiger charge is -2.01. The first-order valence-corrected chi connectivity index (χ1v) is 9.50. The van der Waals surface area contributed by atoms with Crippen molar-refractivity contribution in [3.63, 3.8) is 0 Å². The van der Waals surface area contributed by atoms with Crippen molar-refractivity contribution in [3.8, 4) is 39.8 Å². The third-order valence-electron chi connectivity index (χ3n) is 5.05. The van der Waals surface area contributed by atoms with E-state index in [1.807, 2.05) is 24.3 Å². The second-order valence-corrected chi connectivity index (χ2v) is 7.00. The van der Waals surface area contributed by atoms with E-state index in [-0.39, 0.29) is 5.75 Å². The van der Waals surface area contributed by atoms with Crippen LogP contribution in [0.2, 0.25) is 0 Å². The third kappa shape index (κ3) is 2.87. The molecule has 6 aromatic rings. The third-order valence-corrected chi connectivity index (χ3v) is 5.05. The zero-order valence-electron chi connectivity index (χ0n) is 16.0. The monoisotopic (exact) mass is 406 g/mol. The molecule has 0 amide bonds. The molecule has 0 aliphatic heterocycles. The van der Waals surface area contributed by atoms with Crippen LogP contribution in [-0.2, 0) is 0 Å². The molecule has 0 atom stereocenters. The number of aromatic amines is 2. The lowest BCUT2D eigenvalue weighted by Crippen LogP contribution is -1.86. The SMILES string of the molecule is Oc1cncc(-c2cc3c(-c4nc5c(-c6ccncc6)nccc5[nH]4)n[nH]c3cn2)c1. The summed E-state index contributed by atoms with van der Waals surface area (Å²) in [4.78, 5) is 25.2. The second kappa shape index (κ2) is 6.70. The Labute approximate surface area is 174 Å². The van der Waals surface area contributed by atoms with Crippen LogP contribution in [0.15, 0.2) is 67.5 Å². The number of aromatic hydroxyl groups is 1. The quantitative estimate of drug-likeness (QED) is 0.408. The van der Waals surface area contributed by atoms with E-state index in [1.165, 1.54) is 6.20 Å². The van der Waals surface area contributed by atoms with Gasteiger partial charge in [-0.25, -0.2) is 4.98 Å². The molecule has 0 aliphatic carbocycles. The molecule has 9 heteroatoms. The molecule has 0 spiro atoms. The first kappa shape index (κ1) is 17.2. The summed E-state index contributed by atoms with van der Waals surface area (Å²) in [5.74, 6) is 0.705. The molecular weight excluding hydrogens is 392 g/mol. The summed E-state index contributed by atoms with van der Waals surface area (Å²) >= 11 is 0. The Hall–Kier alpha value is -4.66. The van der Waals surface area contributed by atoms with E-state index in [2.05, 4.69) is 35.1 Å². The number of pyridine rings is 4. The summed E-state index contributed by atoms with van der Waals surface area (Å²) in [6.07, 6.45) is 9.96. The van der Waals surface area contributed by atoms with Crippen molar-refractivity contribution in [2.75, 3.05) is 0 Å². The van der Waals surface area contributed by atoms with Crippen molar-refractivity contribution in [2.24, 2.45) is 0 Å². The van der Waals surface area contributed by atoms with E-state index in [4.69, 9.17) is 4.98 Å². The van der Waals surface area contributed by atoms with Crippen molar-refractivity contribution in [1.82, 2.24) is 40.1 Å². The number of fused-ring (bicyclic) bond motifs is 2. The van der Waals surface area contributed by atoms with E-state index >= 15 is 0 Å². The molecule has 6 rings (SSSR count). The first-order valence-electron chi connectivity index (χ1n) is 9.50. The maximum absolute atomic E-state index is 9.75. The second-order valence-electron chi connectivity index (χ2n) is 7.00. The van der Waals surface area contributed by atoms with Crippen LogP contribution in [0.1, 0.15) is 0 Å². The highest BCUT2D eigenvalue weighted by atomic mass is 16.3. The number of nitrogens with zero attached hydrogens (tertiary/aromatic N) is 6. The number of H-pyrrole nitrogens is 2. The molecule has 6 heterocycles. The van der Waals surface area contributed by atoms with E-state index in [9.17, 15) is 5.11 Å². The van der Waals surface area contributed by atoms with Gasteiger partial charge >= 0.3 is 0 Å². The van der Waals surface area contributed by atoms with Crippen LogP contribution >= 0.6 is 0 Å². The van der Waals surface area contributed by atoms with Gasteiger partial charge in [0.2, 0.25) is 0 Å². The van der Waals surface area contributed by atoms with Crippen LogP contribution in [0.3, 0.4) is 0 Å². The first-order chi connectivity index (χ1) is 15.3. The van der Waals surface area contributed by atoms with Gasteiger partial charge in [0, 0.05) is 41.3 Å². The van der Waals surface area contributed by atoms with E-state index in [0.29, 0.717) is 22.8 Å². The Morgan fingerprint density at radius 1 is 0.774 bits per heavy atom. The topological polar surface area (TPSA) is 129 Å². The minimum atomic E-state index is 0.0836. The molecule has 6 aromatic heterocycles. The van der Waals surface area contributed by atoms with Gasteiger partial charge in [-0.15, -0.1) is 0 Å². The lowest BCUT2D eigenvalue weighted by atomic mass is 10.1.